The van der Waals surface area contributed by atoms with E-state index in [0.29, 0.717) is 158 Å². The summed E-state index contributed by atoms with van der Waals surface area (Å²) in [6.07, 6.45) is 21.5. The van der Waals surface area contributed by atoms with E-state index in [1.807, 2.05) is 6.07 Å². The largest absolute Gasteiger partial charge is 0.508 e. The zero-order chi connectivity index (χ0) is 97.1. The molecule has 0 unspecified atom stereocenters. The Labute approximate surface area is 824 Å². The number of aliphatic imine (C=N–C) groups is 5. The Morgan fingerprint density at radius 1 is 0.333 bits per heavy atom. The minimum atomic E-state index is -1.14. The molecule has 132 heavy (non-hydrogen) atoms. The van der Waals surface area contributed by atoms with Gasteiger partial charge in [-0.1, -0.05) is 77.3 Å². The van der Waals surface area contributed by atoms with E-state index in [4.69, 9.17) is 52.5 Å². The van der Waals surface area contributed by atoms with Crippen molar-refractivity contribution in [3.05, 3.63) is 119 Å². The predicted octanol–water partition coefficient (Wildman–Crippen LogP) is 18.8. The number of aliphatic carboxylic acids is 2. The number of thioether (sulfide) groups is 5. The number of halogens is 2. The van der Waals surface area contributed by atoms with Crippen LogP contribution < -0.4 is 18.9 Å². The van der Waals surface area contributed by atoms with Crippen molar-refractivity contribution in [2.75, 3.05) is 125 Å². The number of nitrogens with zero attached hydrogens (tertiary/aromatic N) is 5. The van der Waals surface area contributed by atoms with Crippen LogP contribution >= 0.6 is 104 Å². The molecule has 0 saturated carbocycles. The van der Waals surface area contributed by atoms with Crippen LogP contribution in [0.2, 0.25) is 0 Å². The number of aliphatic hydroxyl groups excluding tert-OH is 1. The fraction of sp³-hybridized carbons (Fsp3) is 0.568. The number of unbranched alkanes of at least 4 members (excludes halogenated alkanes) is 15. The van der Waals surface area contributed by atoms with Gasteiger partial charge < -0.3 is 93.3 Å². The molecule has 10 rings (SSSR count). The first kappa shape index (κ1) is 115. The molecule has 0 fully saturated rings. The molecule has 5 aliphatic heterocycles. The first-order chi connectivity index (χ1) is 63.1. The SMILES string of the molecule is CCOC(=O)[C@@]1(C)CSC(c2ccc(O)cc2O)=N1.CCOC(=O)[C@@]1(C)CSC(c2ccc(OCCCCCCOC(C)=O)cc2O)=N1.CCOC(=O)[C@@]1(C)CSC(c2ccc(OCCCCCCOC)cc2O)=N1.COCCCCCCOc1ccc(C2=N[C@@](C)(C(=O)O)CS2)c(O)c1.C[C@]1(C(=O)O)CSC(c2ccc(OCCCCCCO)cc2O)=N1.ICCCCCCI. The molecule has 0 spiro atoms. The van der Waals surface area contributed by atoms with E-state index in [-0.39, 0.29) is 65.0 Å². The molecule has 0 radical (unpaired) electrons. The van der Waals surface area contributed by atoms with E-state index in [1.54, 1.807) is 136 Å². The highest BCUT2D eigenvalue weighted by Gasteiger charge is 2.44. The van der Waals surface area contributed by atoms with E-state index in [1.165, 1.54) is 118 Å². The van der Waals surface area contributed by atoms with Crippen LogP contribution in [-0.4, -0.2) is 259 Å². The Kier molecular flexibility index (Phi) is 53.5. The van der Waals surface area contributed by atoms with Crippen LogP contribution in [0.15, 0.2) is 116 Å². The number of aliphatic hydroxyl groups is 1. The quantitative estimate of drug-likeness (QED) is 0.00574. The molecule has 0 aliphatic carbocycles. The predicted molar refractivity (Wildman–Crippen MR) is 544 cm³/mol. The third kappa shape index (κ3) is 39.6. The van der Waals surface area contributed by atoms with Crippen molar-refractivity contribution >= 4 is 165 Å². The Morgan fingerprint density at radius 2 is 0.576 bits per heavy atom. The molecular formula is C95H133I2N5O25S5. The van der Waals surface area contributed by atoms with Crippen LogP contribution in [-0.2, 0) is 57.2 Å². The summed E-state index contributed by atoms with van der Waals surface area (Å²) < 4.78 is 55.4. The van der Waals surface area contributed by atoms with Gasteiger partial charge in [-0.2, -0.15) is 0 Å². The van der Waals surface area contributed by atoms with Crippen LogP contribution in [0.3, 0.4) is 0 Å². The van der Waals surface area contributed by atoms with Crippen molar-refractivity contribution in [3.63, 3.8) is 0 Å². The third-order valence-corrected chi connectivity index (χ3v) is 28.2. The number of phenolic OH excluding ortho intramolecular Hbond substituents is 6. The maximum absolute atomic E-state index is 12.1. The monoisotopic (exact) mass is 2160 g/mol. The van der Waals surface area contributed by atoms with Gasteiger partial charge in [0.2, 0.25) is 0 Å². The Bertz CT molecular complexity index is 4620. The zero-order valence-electron chi connectivity index (χ0n) is 77.6. The lowest BCUT2D eigenvalue weighted by molar-refractivity contribution is -0.148. The molecule has 5 aromatic carbocycles. The van der Waals surface area contributed by atoms with Gasteiger partial charge in [-0.05, 0) is 221 Å². The lowest BCUT2D eigenvalue weighted by atomic mass is 10.1. The maximum Gasteiger partial charge on any atom is 0.334 e. The highest BCUT2D eigenvalue weighted by molar-refractivity contribution is 14.1. The molecule has 9 N–H and O–H groups in total. The van der Waals surface area contributed by atoms with Crippen molar-refractivity contribution in [3.8, 4) is 57.5 Å². The molecule has 0 aromatic heterocycles. The topological polar surface area (TPSA) is 439 Å². The number of hydrogen-bond acceptors (Lipinski definition) is 33. The van der Waals surface area contributed by atoms with Crippen molar-refractivity contribution in [1.29, 1.82) is 0 Å². The van der Waals surface area contributed by atoms with Crippen LogP contribution in [0.5, 0.6) is 57.5 Å². The molecule has 37 heteroatoms. The minimum absolute atomic E-state index is 0.0157. The van der Waals surface area contributed by atoms with Crippen LogP contribution in [0.4, 0.5) is 0 Å². The number of esters is 4. The van der Waals surface area contributed by atoms with E-state index in [9.17, 15) is 69.6 Å². The number of alkyl halides is 2. The summed E-state index contributed by atoms with van der Waals surface area (Å²) in [5.41, 5.74) is -2.24. The number of aromatic hydroxyl groups is 6. The first-order valence-corrected chi connectivity index (χ1v) is 52.5. The normalized spacial score (nSPS) is 19.0. The number of hydrogen-bond donors (Lipinski definition) is 9. The van der Waals surface area contributed by atoms with Crippen LogP contribution in [0, 0.1) is 0 Å². The van der Waals surface area contributed by atoms with E-state index in [2.05, 4.69) is 70.1 Å². The smallest absolute Gasteiger partial charge is 0.334 e. The van der Waals surface area contributed by atoms with Gasteiger partial charge in [0.1, 0.15) is 82.7 Å². The average molecular weight is 2160 g/mol. The van der Waals surface area contributed by atoms with Gasteiger partial charge in [-0.3, -0.25) is 29.8 Å². The summed E-state index contributed by atoms with van der Waals surface area (Å²) in [5, 5.41) is 90.3. The summed E-state index contributed by atoms with van der Waals surface area (Å²) in [4.78, 5) is 91.0. The summed E-state index contributed by atoms with van der Waals surface area (Å²) in [6, 6.07) is 24.7. The Hall–Kier alpha value is -7.64. The summed E-state index contributed by atoms with van der Waals surface area (Å²) >= 11 is 11.8. The van der Waals surface area contributed by atoms with E-state index >= 15 is 0 Å². The zero-order valence-corrected chi connectivity index (χ0v) is 86.0. The van der Waals surface area contributed by atoms with Gasteiger partial charge in [0, 0.05) is 128 Å². The van der Waals surface area contributed by atoms with E-state index < -0.39 is 39.6 Å². The maximum atomic E-state index is 12.1. The number of rotatable bonds is 49. The first-order valence-electron chi connectivity index (χ1n) is 44.5. The van der Waals surface area contributed by atoms with E-state index in [0.717, 1.165) is 116 Å². The van der Waals surface area contributed by atoms with Crippen molar-refractivity contribution < 1.29 is 122 Å². The van der Waals surface area contributed by atoms with Gasteiger partial charge in [-0.15, -0.1) is 58.8 Å². The standard InChI is InChI=1S/C21H29NO6S.C20H29NO5S.C18H25NO5S.C17H23NO5S.C13H15NO4S.C6H12I2/c1-4-26-20(25)21(3)14-29-19(22-21)17-10-9-16(13-18(17)24)28-12-8-6-5-7-11-27-15(2)23;1-4-25-19(23)20(2)14-27-18(21-20)16-10-9-15(13-17(16)22)26-12-8-6-5-7-11-24-3;1-18(17(21)22)12-25-16(19-18)14-8-7-13(11-15(14)20)24-10-6-4-3-5-9-23-2;1-17(16(21)22)11-24-15(18-17)13-7-6-12(10-14(13)20)23-9-5-3-2-4-8-19;1-3-18-12(17)13(2)7-19-11(14-13)9-5-4-8(15)6-10(9)16;7-5-3-1-2-4-6-8/h9-10,13,24H,4-8,11-12,14H2,1-3H3;9-10,13,22H,4-8,11-12,14H2,1-3H3;7-8,11,20H,3-6,9-10,12H2,1-2H3,(H,21,22);6-7,10,19-20H,2-5,8-9,11H2,1H3,(H,21,22);4-6,15-16H,3,7H2,1-2H3;1-6H2/t21-;20-;18-;17-;13-;/m11111./s1. The molecule has 5 heterocycles. The molecular weight excluding hydrogens is 2030 g/mol. The minimum Gasteiger partial charge on any atom is -0.508 e. The summed E-state index contributed by atoms with van der Waals surface area (Å²) in [7, 11) is 3.42. The number of carbonyl (C=O) groups excluding carboxylic acids is 4. The molecule has 0 bridgehead atoms. The molecule has 0 saturated heterocycles. The third-order valence-electron chi connectivity index (χ3n) is 20.2. The second-order valence-corrected chi connectivity index (χ2v) is 39.0. The van der Waals surface area contributed by atoms with Gasteiger partial charge in [0.25, 0.3) is 0 Å². The number of carboxylic acid groups (broad SMARTS) is 2. The fourth-order valence-corrected chi connectivity index (χ4v) is 19.5. The lowest BCUT2D eigenvalue weighted by Gasteiger charge is -2.16. The number of ether oxygens (including phenoxy) is 10. The van der Waals surface area contributed by atoms with Crippen molar-refractivity contribution in [2.45, 2.75) is 218 Å². The summed E-state index contributed by atoms with van der Waals surface area (Å²) in [6.45, 7) is 20.6. The number of benzene rings is 5. The van der Waals surface area contributed by atoms with Gasteiger partial charge in [0.15, 0.2) is 27.7 Å². The van der Waals surface area contributed by atoms with Gasteiger partial charge in [-0.25, -0.2) is 24.0 Å². The second-order valence-electron chi connectivity index (χ2n) is 32.0. The van der Waals surface area contributed by atoms with Crippen LogP contribution in [0.25, 0.3) is 0 Å². The molecule has 732 valence electrons. The number of carbonyl (C=O) groups is 6. The summed E-state index contributed by atoms with van der Waals surface area (Å²) in [5.74, 6) is 1.53. The average Bonchev–Trinajstić information content (AvgIpc) is 1.68. The highest BCUT2D eigenvalue weighted by atomic mass is 127. The number of phenols is 6. The number of methoxy groups -OCH3 is 2. The van der Waals surface area contributed by atoms with Crippen molar-refractivity contribution in [1.82, 2.24) is 0 Å². The molecule has 5 atom stereocenters. The van der Waals surface area contributed by atoms with Gasteiger partial charge in [0.05, 0.1) is 52.9 Å². The van der Waals surface area contributed by atoms with Gasteiger partial charge >= 0.3 is 35.8 Å². The molecule has 5 aromatic rings. The molecule has 0 amide bonds. The lowest BCUT2D eigenvalue weighted by Crippen LogP contribution is -2.35. The fourth-order valence-electron chi connectivity index (χ4n) is 12.4. The highest BCUT2D eigenvalue weighted by Crippen LogP contribution is 2.42. The molecule has 5 aliphatic rings. The second kappa shape index (κ2) is 61.5. The van der Waals surface area contributed by atoms with Crippen molar-refractivity contribution in [2.24, 2.45) is 25.0 Å². The van der Waals surface area contributed by atoms with Crippen LogP contribution in [0.1, 0.15) is 219 Å². The molecule has 30 nitrogen and oxygen atoms in total. The Morgan fingerprint density at radius 3 is 0.811 bits per heavy atom. The Balaban J connectivity index is 0.000000287. The number of carboxylic acids is 2.